The molecule has 1 saturated carbocycles. The Morgan fingerprint density at radius 3 is 3.00 bits per heavy atom. The minimum absolute atomic E-state index is 0.192. The van der Waals surface area contributed by atoms with Crippen molar-refractivity contribution in [1.29, 1.82) is 0 Å². The SMILES string of the molecule is O=c1cc(NCC2(O)CCC2)nc[nH]1. The van der Waals surface area contributed by atoms with Gasteiger partial charge in [0.05, 0.1) is 11.9 Å². The smallest absolute Gasteiger partial charge is 0.252 e. The summed E-state index contributed by atoms with van der Waals surface area (Å²) in [5, 5.41) is 12.7. The summed E-state index contributed by atoms with van der Waals surface area (Å²) in [6.45, 7) is 0.462. The maximum absolute atomic E-state index is 10.9. The summed E-state index contributed by atoms with van der Waals surface area (Å²) < 4.78 is 0. The van der Waals surface area contributed by atoms with Gasteiger partial charge in [0.2, 0.25) is 0 Å². The number of nitrogens with zero attached hydrogens (tertiary/aromatic N) is 1. The third kappa shape index (κ3) is 1.93. The van der Waals surface area contributed by atoms with Crippen LogP contribution in [0.3, 0.4) is 0 Å². The molecule has 0 aromatic carbocycles. The zero-order chi connectivity index (χ0) is 10.0. The van der Waals surface area contributed by atoms with Crippen molar-refractivity contribution in [3.05, 3.63) is 22.7 Å². The molecule has 0 bridgehead atoms. The number of aromatic amines is 1. The standard InChI is InChI=1S/C9H13N3O2/c13-8-4-7(11-6-12-8)10-5-9(14)2-1-3-9/h4,6,14H,1-3,5H2,(H2,10,11,12,13). The lowest BCUT2D eigenvalue weighted by Gasteiger charge is -2.36. The topological polar surface area (TPSA) is 78.0 Å². The van der Waals surface area contributed by atoms with E-state index in [1.165, 1.54) is 12.4 Å². The van der Waals surface area contributed by atoms with Crippen LogP contribution in [0.25, 0.3) is 0 Å². The van der Waals surface area contributed by atoms with Gasteiger partial charge in [0.15, 0.2) is 0 Å². The van der Waals surface area contributed by atoms with E-state index in [0.29, 0.717) is 12.4 Å². The zero-order valence-corrected chi connectivity index (χ0v) is 7.79. The number of anilines is 1. The molecule has 0 radical (unpaired) electrons. The number of hydrogen-bond acceptors (Lipinski definition) is 4. The lowest BCUT2D eigenvalue weighted by Crippen LogP contribution is -2.43. The number of rotatable bonds is 3. The van der Waals surface area contributed by atoms with Crippen LogP contribution < -0.4 is 10.9 Å². The summed E-state index contributed by atoms with van der Waals surface area (Å²) in [5.41, 5.74) is -0.785. The molecule has 0 spiro atoms. The van der Waals surface area contributed by atoms with Gasteiger partial charge >= 0.3 is 0 Å². The molecule has 5 nitrogen and oxygen atoms in total. The fraction of sp³-hybridized carbons (Fsp3) is 0.556. The summed E-state index contributed by atoms with van der Waals surface area (Å²) in [7, 11) is 0. The summed E-state index contributed by atoms with van der Waals surface area (Å²) >= 11 is 0. The van der Waals surface area contributed by atoms with E-state index in [0.717, 1.165) is 19.3 Å². The zero-order valence-electron chi connectivity index (χ0n) is 7.79. The monoisotopic (exact) mass is 195 g/mol. The molecule has 14 heavy (non-hydrogen) atoms. The fourth-order valence-electron chi connectivity index (χ4n) is 1.48. The molecule has 1 aromatic heterocycles. The number of H-pyrrole nitrogens is 1. The van der Waals surface area contributed by atoms with Crippen LogP contribution in [0.5, 0.6) is 0 Å². The molecule has 0 saturated heterocycles. The van der Waals surface area contributed by atoms with Crippen molar-refractivity contribution in [2.75, 3.05) is 11.9 Å². The molecule has 0 unspecified atom stereocenters. The molecule has 0 aliphatic heterocycles. The number of nitrogens with one attached hydrogen (secondary N) is 2. The molecule has 2 rings (SSSR count). The molecule has 1 aliphatic rings. The Balaban J connectivity index is 1.94. The van der Waals surface area contributed by atoms with Crippen molar-refractivity contribution in [1.82, 2.24) is 9.97 Å². The van der Waals surface area contributed by atoms with E-state index in [4.69, 9.17) is 0 Å². The van der Waals surface area contributed by atoms with Crippen LogP contribution in [0.15, 0.2) is 17.2 Å². The minimum atomic E-state index is -0.593. The fourth-order valence-corrected chi connectivity index (χ4v) is 1.48. The molecular formula is C9H13N3O2. The van der Waals surface area contributed by atoms with E-state index >= 15 is 0 Å². The van der Waals surface area contributed by atoms with Gasteiger partial charge in [0, 0.05) is 12.6 Å². The van der Waals surface area contributed by atoms with Gasteiger partial charge in [0.1, 0.15) is 5.82 Å². The van der Waals surface area contributed by atoms with E-state index in [1.54, 1.807) is 0 Å². The third-order valence-electron chi connectivity index (χ3n) is 2.56. The van der Waals surface area contributed by atoms with Crippen molar-refractivity contribution < 1.29 is 5.11 Å². The second-order valence-corrected chi connectivity index (χ2v) is 3.73. The maximum Gasteiger partial charge on any atom is 0.252 e. The van der Waals surface area contributed by atoms with E-state index < -0.39 is 5.60 Å². The summed E-state index contributed by atoms with van der Waals surface area (Å²) in [4.78, 5) is 17.3. The highest BCUT2D eigenvalue weighted by Crippen LogP contribution is 2.31. The Bertz CT molecular complexity index is 370. The lowest BCUT2D eigenvalue weighted by molar-refractivity contribution is -0.0202. The molecule has 1 fully saturated rings. The Hall–Kier alpha value is -1.36. The second-order valence-electron chi connectivity index (χ2n) is 3.73. The van der Waals surface area contributed by atoms with Gasteiger partial charge in [-0.3, -0.25) is 4.79 Å². The largest absolute Gasteiger partial charge is 0.388 e. The molecular weight excluding hydrogens is 182 g/mol. The van der Waals surface area contributed by atoms with Gasteiger partial charge in [-0.1, -0.05) is 0 Å². The highest BCUT2D eigenvalue weighted by Gasteiger charge is 2.33. The number of hydrogen-bond donors (Lipinski definition) is 3. The van der Waals surface area contributed by atoms with Crippen LogP contribution in [0.4, 0.5) is 5.82 Å². The molecule has 5 heteroatoms. The van der Waals surface area contributed by atoms with Crippen molar-refractivity contribution in [3.8, 4) is 0 Å². The number of aliphatic hydroxyl groups is 1. The Labute approximate surface area is 81.2 Å². The Morgan fingerprint density at radius 2 is 2.43 bits per heavy atom. The average Bonchev–Trinajstić information content (AvgIpc) is 2.12. The number of aromatic nitrogens is 2. The predicted molar refractivity (Wildman–Crippen MR) is 52.1 cm³/mol. The predicted octanol–water partition coefficient (Wildman–Crippen LogP) is 0.0968. The highest BCUT2D eigenvalue weighted by molar-refractivity contribution is 5.32. The first-order valence-electron chi connectivity index (χ1n) is 4.69. The van der Waals surface area contributed by atoms with Gasteiger partial charge < -0.3 is 15.4 Å². The first-order chi connectivity index (χ1) is 6.68. The maximum atomic E-state index is 10.9. The lowest BCUT2D eigenvalue weighted by atomic mass is 9.80. The van der Waals surface area contributed by atoms with Crippen molar-refractivity contribution >= 4 is 5.82 Å². The summed E-state index contributed by atoms with van der Waals surface area (Å²) in [6, 6.07) is 1.38. The second kappa shape index (κ2) is 3.42. The van der Waals surface area contributed by atoms with Crippen molar-refractivity contribution in [2.24, 2.45) is 0 Å². The summed E-state index contributed by atoms with van der Waals surface area (Å²) in [5.74, 6) is 0.508. The molecule has 0 atom stereocenters. The Morgan fingerprint density at radius 1 is 1.64 bits per heavy atom. The van der Waals surface area contributed by atoms with Crippen LogP contribution >= 0.6 is 0 Å². The average molecular weight is 195 g/mol. The van der Waals surface area contributed by atoms with Crippen molar-refractivity contribution in [2.45, 2.75) is 24.9 Å². The molecule has 0 amide bonds. The first kappa shape index (κ1) is 9.21. The van der Waals surface area contributed by atoms with Crippen LogP contribution in [0, 0.1) is 0 Å². The van der Waals surface area contributed by atoms with Crippen LogP contribution in [0.1, 0.15) is 19.3 Å². The van der Waals surface area contributed by atoms with Gasteiger partial charge in [-0.25, -0.2) is 4.98 Å². The van der Waals surface area contributed by atoms with Crippen molar-refractivity contribution in [3.63, 3.8) is 0 Å². The normalized spacial score (nSPS) is 18.6. The van der Waals surface area contributed by atoms with E-state index in [-0.39, 0.29) is 5.56 Å². The molecule has 1 aliphatic carbocycles. The van der Waals surface area contributed by atoms with Crippen LogP contribution in [-0.4, -0.2) is 27.2 Å². The van der Waals surface area contributed by atoms with Gasteiger partial charge in [-0.05, 0) is 19.3 Å². The van der Waals surface area contributed by atoms with E-state index in [1.807, 2.05) is 0 Å². The van der Waals surface area contributed by atoms with Gasteiger partial charge in [0.25, 0.3) is 5.56 Å². The molecule has 1 aromatic rings. The Kier molecular flexibility index (Phi) is 2.25. The molecule has 3 N–H and O–H groups in total. The van der Waals surface area contributed by atoms with E-state index in [9.17, 15) is 9.90 Å². The summed E-state index contributed by atoms with van der Waals surface area (Å²) in [6.07, 6.45) is 4.06. The van der Waals surface area contributed by atoms with E-state index in [2.05, 4.69) is 15.3 Å². The van der Waals surface area contributed by atoms with Crippen LogP contribution in [0.2, 0.25) is 0 Å². The minimum Gasteiger partial charge on any atom is -0.388 e. The van der Waals surface area contributed by atoms with Gasteiger partial charge in [-0.2, -0.15) is 0 Å². The molecule has 76 valence electrons. The quantitative estimate of drug-likeness (QED) is 0.639. The highest BCUT2D eigenvalue weighted by atomic mass is 16.3. The third-order valence-corrected chi connectivity index (χ3v) is 2.56. The first-order valence-corrected chi connectivity index (χ1v) is 4.69. The van der Waals surface area contributed by atoms with Crippen LogP contribution in [-0.2, 0) is 0 Å². The van der Waals surface area contributed by atoms with Gasteiger partial charge in [-0.15, -0.1) is 0 Å². The molecule has 1 heterocycles.